The Kier molecular flexibility index (Phi) is 5.83. The van der Waals surface area contributed by atoms with Crippen molar-refractivity contribution in [2.24, 2.45) is 0 Å². The molecule has 0 aliphatic rings. The van der Waals surface area contributed by atoms with E-state index in [2.05, 4.69) is 10.1 Å². The molecule has 2 aromatic rings. The fourth-order valence-electron chi connectivity index (χ4n) is 2.00. The van der Waals surface area contributed by atoms with Crippen molar-refractivity contribution in [1.29, 1.82) is 0 Å². The Hall–Kier alpha value is -3.37. The summed E-state index contributed by atoms with van der Waals surface area (Å²) < 4.78 is 72.3. The highest BCUT2D eigenvalue weighted by atomic mass is 19.4. The van der Waals surface area contributed by atoms with Crippen LogP contribution in [0.3, 0.4) is 0 Å². The number of carbonyl (C=O) groups excluding carboxylic acids is 2. The van der Waals surface area contributed by atoms with Crippen molar-refractivity contribution in [2.45, 2.75) is 6.36 Å². The molecule has 11 heteroatoms. The number of hydrogen-bond donors (Lipinski definition) is 2. The maximum absolute atomic E-state index is 13.5. The predicted octanol–water partition coefficient (Wildman–Crippen LogP) is 3.83. The van der Waals surface area contributed by atoms with Gasteiger partial charge >= 0.3 is 12.4 Å². The lowest BCUT2D eigenvalue weighted by molar-refractivity contribution is -0.275. The van der Waals surface area contributed by atoms with E-state index in [1.807, 2.05) is 0 Å². The number of halogens is 5. The smallest absolute Gasteiger partial charge is 0.493 e. The van der Waals surface area contributed by atoms with E-state index in [0.717, 1.165) is 43.5 Å². The van der Waals surface area contributed by atoms with Gasteiger partial charge in [-0.25, -0.2) is 13.6 Å². The van der Waals surface area contributed by atoms with Crippen molar-refractivity contribution in [3.63, 3.8) is 0 Å². The van der Waals surface area contributed by atoms with Gasteiger partial charge in [-0.15, -0.1) is 13.2 Å². The maximum atomic E-state index is 13.5. The average Bonchev–Trinajstić information content (AvgIpc) is 2.54. The minimum absolute atomic E-state index is 0.0688. The van der Waals surface area contributed by atoms with E-state index < -0.39 is 41.2 Å². The molecule has 0 atom stereocenters. The summed E-state index contributed by atoms with van der Waals surface area (Å²) in [7, 11) is 1.08. The molecular formula is C16H11F5N2O4. The molecule has 6 nitrogen and oxygen atoms in total. The van der Waals surface area contributed by atoms with Gasteiger partial charge in [-0.05, 0) is 24.3 Å². The molecule has 2 rings (SSSR count). The standard InChI is InChI=1S/C16H11F5N2O4/c1-26-12-7-8(5-6-11(12)27-16(19,20)21)22-15(25)23-14(24)13-9(17)3-2-4-10(13)18/h2-7H,1H3,(H2,22,23,24,25). The normalized spacial score (nSPS) is 10.9. The van der Waals surface area contributed by atoms with Crippen LogP contribution in [0.25, 0.3) is 0 Å². The highest BCUT2D eigenvalue weighted by molar-refractivity contribution is 6.08. The third kappa shape index (κ3) is 5.30. The molecule has 2 aromatic carbocycles. The van der Waals surface area contributed by atoms with E-state index in [-0.39, 0.29) is 11.4 Å². The van der Waals surface area contributed by atoms with E-state index in [0.29, 0.717) is 0 Å². The Labute approximate surface area is 148 Å². The fraction of sp³-hybridized carbons (Fsp3) is 0.125. The van der Waals surface area contributed by atoms with Crippen molar-refractivity contribution in [3.8, 4) is 11.5 Å². The second-order valence-electron chi connectivity index (χ2n) is 4.92. The SMILES string of the molecule is COc1cc(NC(=O)NC(=O)c2c(F)cccc2F)ccc1OC(F)(F)F. The van der Waals surface area contributed by atoms with E-state index in [1.54, 1.807) is 5.32 Å². The fourth-order valence-corrected chi connectivity index (χ4v) is 2.00. The summed E-state index contributed by atoms with van der Waals surface area (Å²) in [5.74, 6) is -4.68. The molecular weight excluding hydrogens is 379 g/mol. The number of methoxy groups -OCH3 is 1. The molecule has 0 aromatic heterocycles. The number of rotatable bonds is 4. The molecule has 0 spiro atoms. The monoisotopic (exact) mass is 390 g/mol. The van der Waals surface area contributed by atoms with E-state index in [1.165, 1.54) is 0 Å². The van der Waals surface area contributed by atoms with Gasteiger partial charge in [-0.2, -0.15) is 0 Å². The summed E-state index contributed by atoms with van der Waals surface area (Å²) in [5.41, 5.74) is -1.03. The van der Waals surface area contributed by atoms with Gasteiger partial charge in [-0.3, -0.25) is 10.1 Å². The molecule has 144 valence electrons. The largest absolute Gasteiger partial charge is 0.573 e. The second-order valence-corrected chi connectivity index (χ2v) is 4.92. The number of urea groups is 1. The third-order valence-electron chi connectivity index (χ3n) is 3.06. The number of carbonyl (C=O) groups is 2. The van der Waals surface area contributed by atoms with Crippen LogP contribution < -0.4 is 20.1 Å². The van der Waals surface area contributed by atoms with Crippen LogP contribution >= 0.6 is 0 Å². The maximum Gasteiger partial charge on any atom is 0.573 e. The van der Waals surface area contributed by atoms with Gasteiger partial charge < -0.3 is 14.8 Å². The summed E-state index contributed by atoms with van der Waals surface area (Å²) >= 11 is 0. The molecule has 0 fully saturated rings. The van der Waals surface area contributed by atoms with E-state index >= 15 is 0 Å². The van der Waals surface area contributed by atoms with Crippen molar-refractivity contribution in [1.82, 2.24) is 5.32 Å². The molecule has 0 radical (unpaired) electrons. The molecule has 0 saturated heterocycles. The lowest BCUT2D eigenvalue weighted by Crippen LogP contribution is -2.35. The molecule has 0 saturated carbocycles. The molecule has 0 aliphatic heterocycles. The van der Waals surface area contributed by atoms with Crippen LogP contribution in [0.15, 0.2) is 36.4 Å². The number of nitrogens with one attached hydrogen (secondary N) is 2. The number of hydrogen-bond acceptors (Lipinski definition) is 4. The first-order valence-corrected chi connectivity index (χ1v) is 7.11. The summed E-state index contributed by atoms with van der Waals surface area (Å²) in [6, 6.07) is 4.44. The number of benzene rings is 2. The third-order valence-corrected chi connectivity index (χ3v) is 3.06. The van der Waals surface area contributed by atoms with Gasteiger partial charge in [0.05, 0.1) is 7.11 Å². The minimum Gasteiger partial charge on any atom is -0.493 e. The summed E-state index contributed by atoms with van der Waals surface area (Å²) in [5, 5.41) is 3.81. The summed E-state index contributed by atoms with van der Waals surface area (Å²) in [6.45, 7) is 0. The Balaban J connectivity index is 2.10. The molecule has 0 unspecified atom stereocenters. The van der Waals surface area contributed by atoms with Gasteiger partial charge in [0, 0.05) is 11.8 Å². The van der Waals surface area contributed by atoms with Gasteiger partial charge in [-0.1, -0.05) is 6.07 Å². The van der Waals surface area contributed by atoms with Gasteiger partial charge in [0.2, 0.25) is 0 Å². The van der Waals surface area contributed by atoms with Crippen molar-refractivity contribution in [3.05, 3.63) is 53.6 Å². The minimum atomic E-state index is -4.95. The second kappa shape index (κ2) is 7.89. The first-order chi connectivity index (χ1) is 12.6. The lowest BCUT2D eigenvalue weighted by atomic mass is 10.2. The van der Waals surface area contributed by atoms with Crippen LogP contribution in [0, 0.1) is 11.6 Å². The van der Waals surface area contributed by atoms with E-state index in [4.69, 9.17) is 4.74 Å². The highest BCUT2D eigenvalue weighted by Crippen LogP contribution is 2.34. The quantitative estimate of drug-likeness (QED) is 0.778. The molecule has 0 aliphatic carbocycles. The number of anilines is 1. The lowest BCUT2D eigenvalue weighted by Gasteiger charge is -2.14. The first-order valence-electron chi connectivity index (χ1n) is 7.11. The van der Waals surface area contributed by atoms with Crippen LogP contribution in [0.4, 0.5) is 32.4 Å². The molecule has 2 N–H and O–H groups in total. The highest BCUT2D eigenvalue weighted by Gasteiger charge is 2.32. The topological polar surface area (TPSA) is 76.7 Å². The zero-order valence-electron chi connectivity index (χ0n) is 13.5. The summed E-state index contributed by atoms with van der Waals surface area (Å²) in [4.78, 5) is 23.6. The van der Waals surface area contributed by atoms with Crippen molar-refractivity contribution in [2.75, 3.05) is 12.4 Å². The Morgan fingerprint density at radius 3 is 2.19 bits per heavy atom. The number of amides is 3. The van der Waals surface area contributed by atoms with Crippen molar-refractivity contribution < 1.29 is 41.0 Å². The van der Waals surface area contributed by atoms with E-state index in [9.17, 15) is 31.5 Å². The zero-order valence-corrected chi connectivity index (χ0v) is 13.5. The van der Waals surface area contributed by atoms with Crippen LogP contribution in [0.2, 0.25) is 0 Å². The number of ether oxygens (including phenoxy) is 2. The molecule has 3 amide bonds. The van der Waals surface area contributed by atoms with Crippen LogP contribution in [0.1, 0.15) is 10.4 Å². The average molecular weight is 390 g/mol. The van der Waals surface area contributed by atoms with Crippen molar-refractivity contribution >= 4 is 17.6 Å². The van der Waals surface area contributed by atoms with Gasteiger partial charge in [0.15, 0.2) is 11.5 Å². The zero-order chi connectivity index (χ0) is 20.2. The predicted molar refractivity (Wildman–Crippen MR) is 82.5 cm³/mol. The van der Waals surface area contributed by atoms with Crippen LogP contribution in [-0.2, 0) is 0 Å². The van der Waals surface area contributed by atoms with Gasteiger partial charge in [0.1, 0.15) is 17.2 Å². The van der Waals surface area contributed by atoms with Crippen LogP contribution in [0.5, 0.6) is 11.5 Å². The number of imide groups is 1. The Bertz CT molecular complexity index is 850. The van der Waals surface area contributed by atoms with Gasteiger partial charge in [0.25, 0.3) is 5.91 Å². The summed E-state index contributed by atoms with van der Waals surface area (Å²) in [6.07, 6.45) is -4.95. The Morgan fingerprint density at radius 2 is 1.63 bits per heavy atom. The number of alkyl halides is 3. The molecule has 0 heterocycles. The molecule has 0 bridgehead atoms. The first kappa shape index (κ1) is 19.9. The Morgan fingerprint density at radius 1 is 1.00 bits per heavy atom. The molecule has 27 heavy (non-hydrogen) atoms. The van der Waals surface area contributed by atoms with Crippen LogP contribution in [-0.4, -0.2) is 25.4 Å².